The molecule has 2 amide bonds. The first-order chi connectivity index (χ1) is 22.8. The van der Waals surface area contributed by atoms with Crippen LogP contribution < -0.4 is 22.1 Å². The Morgan fingerprint density at radius 3 is 2.27 bits per heavy atom. The number of alkyl carbamates (subject to hydrolysis) is 1. The van der Waals surface area contributed by atoms with Gasteiger partial charge in [-0.3, -0.25) is 14.6 Å². The first kappa shape index (κ1) is 41.1. The van der Waals surface area contributed by atoms with Crippen LogP contribution in [0.4, 0.5) is 18.0 Å². The normalized spacial score (nSPS) is 15.4. The van der Waals surface area contributed by atoms with Gasteiger partial charge >= 0.3 is 18.2 Å². The predicted molar refractivity (Wildman–Crippen MR) is 176 cm³/mol. The van der Waals surface area contributed by atoms with Gasteiger partial charge in [0, 0.05) is 19.6 Å². The quantitative estimate of drug-likeness (QED) is 0.0818. The van der Waals surface area contributed by atoms with Gasteiger partial charge in [0.2, 0.25) is 21.7 Å². The van der Waals surface area contributed by atoms with E-state index in [4.69, 9.17) is 26.1 Å². The van der Waals surface area contributed by atoms with Crippen molar-refractivity contribution >= 4 is 61.3 Å². The Labute approximate surface area is 285 Å². The van der Waals surface area contributed by atoms with Crippen molar-refractivity contribution in [1.29, 1.82) is 0 Å². The number of nitrogens with one attached hydrogen (secondary N) is 2. The summed E-state index contributed by atoms with van der Waals surface area (Å²) in [4.78, 5) is 57.1. The molecule has 274 valence electrons. The minimum absolute atomic E-state index is 0.0156. The number of aromatic nitrogens is 1. The zero-order chi connectivity index (χ0) is 36.9. The summed E-state index contributed by atoms with van der Waals surface area (Å²) in [6, 6.07) is 5.52. The van der Waals surface area contributed by atoms with Gasteiger partial charge < -0.3 is 31.9 Å². The topological polar surface area (TPSA) is 236 Å². The molecule has 0 radical (unpaired) electrons. The Morgan fingerprint density at radius 2 is 1.73 bits per heavy atom. The number of carboxylic acid groups (broad SMARTS) is 1. The molecule has 0 spiro atoms. The molecule has 15 nitrogen and oxygen atoms in total. The van der Waals surface area contributed by atoms with Crippen LogP contribution in [0.5, 0.6) is 0 Å². The molecule has 3 rings (SSSR count). The van der Waals surface area contributed by atoms with E-state index in [1.165, 1.54) is 15.6 Å². The minimum atomic E-state index is -5.08. The number of rotatable bonds is 14. The minimum Gasteiger partial charge on any atom is -0.475 e. The summed E-state index contributed by atoms with van der Waals surface area (Å²) in [6.07, 6.45) is -4.60. The number of nitrogens with two attached hydrogens (primary N) is 2. The highest BCUT2D eigenvalue weighted by molar-refractivity contribution is 7.89. The smallest absolute Gasteiger partial charge is 0.475 e. The number of Topliss-reactive ketones (excluding diaryl/α,β-unsaturated/α-hetero) is 1. The SMILES string of the molecule is CCS(=O)(=O)N1CCC(OC(=O)N[C@@H](CC(C)C)C(=O)N[C@@H](CCCN=C(N)N)C(=O)c2nc3ccccc3s2)CC1.O=C(O)C(F)(F)F. The van der Waals surface area contributed by atoms with E-state index in [1.807, 2.05) is 38.1 Å². The van der Waals surface area contributed by atoms with Crippen molar-refractivity contribution in [1.82, 2.24) is 19.9 Å². The molecule has 7 N–H and O–H groups in total. The maximum atomic E-state index is 13.5. The number of ketones is 1. The third-order valence-electron chi connectivity index (χ3n) is 7.07. The van der Waals surface area contributed by atoms with Gasteiger partial charge in [0.05, 0.1) is 22.0 Å². The lowest BCUT2D eigenvalue weighted by Crippen LogP contribution is -2.52. The summed E-state index contributed by atoms with van der Waals surface area (Å²) >= 11 is 1.25. The number of halogens is 3. The molecule has 2 atom stereocenters. The van der Waals surface area contributed by atoms with Gasteiger partial charge in [0.15, 0.2) is 11.0 Å². The number of guanidine groups is 1. The second-order valence-corrected chi connectivity index (χ2v) is 14.7. The monoisotopic (exact) mass is 737 g/mol. The lowest BCUT2D eigenvalue weighted by atomic mass is 10.0. The van der Waals surface area contributed by atoms with E-state index in [0.717, 1.165) is 4.70 Å². The largest absolute Gasteiger partial charge is 0.490 e. The summed E-state index contributed by atoms with van der Waals surface area (Å²) in [5.41, 5.74) is 11.5. The number of fused-ring (bicyclic) bond motifs is 1. The van der Waals surface area contributed by atoms with E-state index in [-0.39, 0.29) is 54.5 Å². The second-order valence-electron chi connectivity index (χ2n) is 11.4. The van der Waals surface area contributed by atoms with Crippen molar-refractivity contribution in [2.75, 3.05) is 25.4 Å². The zero-order valence-corrected chi connectivity index (χ0v) is 28.9. The van der Waals surface area contributed by atoms with Crippen molar-refractivity contribution in [3.05, 3.63) is 29.3 Å². The number of ether oxygens (including phenoxy) is 1. The van der Waals surface area contributed by atoms with E-state index >= 15 is 0 Å². The first-order valence-corrected chi connectivity index (χ1v) is 17.8. The molecular weight excluding hydrogens is 695 g/mol. The number of para-hydroxylation sites is 1. The fraction of sp³-hybridized carbons (Fsp3) is 0.586. The maximum absolute atomic E-state index is 13.5. The van der Waals surface area contributed by atoms with Crippen molar-refractivity contribution < 1.29 is 50.6 Å². The Bertz CT molecular complexity index is 1540. The summed E-state index contributed by atoms with van der Waals surface area (Å²) in [7, 11) is -3.30. The molecule has 1 aliphatic heterocycles. The lowest BCUT2D eigenvalue weighted by molar-refractivity contribution is -0.192. The third-order valence-corrected chi connectivity index (χ3v) is 10.0. The lowest BCUT2D eigenvalue weighted by Gasteiger charge is -2.31. The maximum Gasteiger partial charge on any atom is 0.490 e. The van der Waals surface area contributed by atoms with E-state index in [1.54, 1.807) is 6.92 Å². The number of hydrogen-bond donors (Lipinski definition) is 5. The van der Waals surface area contributed by atoms with Crippen molar-refractivity contribution in [2.24, 2.45) is 22.4 Å². The van der Waals surface area contributed by atoms with Crippen LogP contribution in [0.3, 0.4) is 0 Å². The number of carboxylic acids is 1. The fourth-order valence-corrected chi connectivity index (χ4v) is 6.70. The van der Waals surface area contributed by atoms with Crippen LogP contribution in [0.25, 0.3) is 10.2 Å². The molecule has 1 aliphatic rings. The highest BCUT2D eigenvalue weighted by atomic mass is 32.2. The van der Waals surface area contributed by atoms with Crippen LogP contribution >= 0.6 is 11.3 Å². The number of hydrogen-bond acceptors (Lipinski definition) is 10. The number of carbonyl (C=O) groups excluding carboxylic acids is 3. The van der Waals surface area contributed by atoms with Crippen LogP contribution in [-0.2, 0) is 24.3 Å². The number of alkyl halides is 3. The van der Waals surface area contributed by atoms with Crippen LogP contribution in [-0.4, -0.2) is 102 Å². The van der Waals surface area contributed by atoms with Gasteiger partial charge in [-0.15, -0.1) is 11.3 Å². The van der Waals surface area contributed by atoms with Gasteiger partial charge in [-0.05, 0) is 57.1 Å². The summed E-state index contributed by atoms with van der Waals surface area (Å²) < 4.78 is 63.7. The average molecular weight is 738 g/mol. The number of aliphatic imine (C=N–C) groups is 1. The molecule has 2 heterocycles. The molecule has 0 bridgehead atoms. The molecule has 1 aromatic carbocycles. The third kappa shape index (κ3) is 13.8. The number of piperidine rings is 1. The average Bonchev–Trinajstić information content (AvgIpc) is 3.46. The zero-order valence-electron chi connectivity index (χ0n) is 27.2. The highest BCUT2D eigenvalue weighted by Gasteiger charge is 2.38. The van der Waals surface area contributed by atoms with Gasteiger partial charge in [0.25, 0.3) is 0 Å². The van der Waals surface area contributed by atoms with Gasteiger partial charge in [0.1, 0.15) is 12.1 Å². The molecule has 1 fully saturated rings. The van der Waals surface area contributed by atoms with Crippen LogP contribution in [0.2, 0.25) is 0 Å². The molecule has 0 aliphatic carbocycles. The highest BCUT2D eigenvalue weighted by Crippen LogP contribution is 2.24. The van der Waals surface area contributed by atoms with Crippen molar-refractivity contribution in [3.63, 3.8) is 0 Å². The number of aliphatic carboxylic acids is 1. The van der Waals surface area contributed by atoms with Crippen LogP contribution in [0.1, 0.15) is 62.7 Å². The standard InChI is InChI=1S/C27H41N7O6S2.C2HF3O2/c1-4-42(38,39)34-14-11-18(12-15-34)40-27(37)33-21(16-17(2)3)24(36)31-20(9-7-13-30-26(28)29)23(35)25-32-19-8-5-6-10-22(19)41-25;3-2(4,5)1(6)7/h5-6,8,10,17-18,20-21H,4,7,9,11-16H2,1-3H3,(H,31,36)(H,33,37)(H4,28,29,30);(H,6,7)/t20-,21-;/m0./s1. The predicted octanol–water partition coefficient (Wildman–Crippen LogP) is 2.61. The Kier molecular flexibility index (Phi) is 15.7. The summed E-state index contributed by atoms with van der Waals surface area (Å²) in [5.74, 6) is -3.62. The number of nitrogens with zero attached hydrogens (tertiary/aromatic N) is 3. The molecule has 49 heavy (non-hydrogen) atoms. The molecular formula is C29H42F3N7O8S2. The summed E-state index contributed by atoms with van der Waals surface area (Å²) in [6.45, 7) is 6.22. The first-order valence-electron chi connectivity index (χ1n) is 15.3. The van der Waals surface area contributed by atoms with Crippen LogP contribution in [0.15, 0.2) is 29.3 Å². The fourth-order valence-electron chi connectivity index (χ4n) is 4.61. The number of thiazole rings is 1. The Morgan fingerprint density at radius 1 is 1.12 bits per heavy atom. The summed E-state index contributed by atoms with van der Waals surface area (Å²) in [5, 5.41) is 12.9. The number of carbonyl (C=O) groups is 4. The van der Waals surface area contributed by atoms with Crippen molar-refractivity contribution in [2.45, 2.75) is 77.2 Å². The van der Waals surface area contributed by atoms with E-state index in [2.05, 4.69) is 20.6 Å². The number of amides is 2. The molecule has 20 heteroatoms. The van der Waals surface area contributed by atoms with E-state index in [9.17, 15) is 36.0 Å². The van der Waals surface area contributed by atoms with Gasteiger partial charge in [-0.2, -0.15) is 13.2 Å². The number of benzene rings is 1. The van der Waals surface area contributed by atoms with Gasteiger partial charge in [-0.1, -0.05) is 26.0 Å². The van der Waals surface area contributed by atoms with E-state index < -0.39 is 52.4 Å². The molecule has 2 aromatic rings. The van der Waals surface area contributed by atoms with Gasteiger partial charge in [-0.25, -0.2) is 27.3 Å². The van der Waals surface area contributed by atoms with Crippen LogP contribution in [0, 0.1) is 5.92 Å². The molecule has 0 saturated carbocycles. The molecule has 0 unspecified atom stereocenters. The Hall–Kier alpha value is -4.04. The molecule has 1 aromatic heterocycles. The van der Waals surface area contributed by atoms with Crippen molar-refractivity contribution in [3.8, 4) is 0 Å². The number of sulfonamides is 1. The van der Waals surface area contributed by atoms with E-state index in [0.29, 0.717) is 31.2 Å². The second kappa shape index (κ2) is 18.6. The Balaban J connectivity index is 0.00000107. The molecule has 1 saturated heterocycles.